The van der Waals surface area contributed by atoms with Crippen LogP contribution in [0.3, 0.4) is 0 Å². The van der Waals surface area contributed by atoms with Crippen molar-refractivity contribution >= 4 is 27.7 Å². The van der Waals surface area contributed by atoms with Crippen molar-refractivity contribution in [2.75, 3.05) is 0 Å². The van der Waals surface area contributed by atoms with Gasteiger partial charge < -0.3 is 10.6 Å². The van der Waals surface area contributed by atoms with Gasteiger partial charge in [-0.3, -0.25) is 9.59 Å². The van der Waals surface area contributed by atoms with Crippen molar-refractivity contribution in [3.05, 3.63) is 0 Å². The molecule has 2 unspecified atom stereocenters. The van der Waals surface area contributed by atoms with Crippen LogP contribution >= 0.6 is 15.9 Å². The molecular weight excluding hydrogens is 272 g/mol. The summed E-state index contributed by atoms with van der Waals surface area (Å²) in [5, 5.41) is 5.47. The highest BCUT2D eigenvalue weighted by molar-refractivity contribution is 9.10. The van der Waals surface area contributed by atoms with Crippen LogP contribution in [0.1, 0.15) is 41.0 Å². The maximum atomic E-state index is 11.7. The van der Waals surface area contributed by atoms with Gasteiger partial charge in [0.05, 0.1) is 4.83 Å². The second kappa shape index (κ2) is 6.23. The third kappa shape index (κ3) is 6.10. The first-order chi connectivity index (χ1) is 7.17. The highest BCUT2D eigenvalue weighted by atomic mass is 79.9. The molecule has 0 rings (SSSR count). The summed E-state index contributed by atoms with van der Waals surface area (Å²) in [6.07, 6.45) is 0.694. The van der Waals surface area contributed by atoms with Crippen molar-refractivity contribution in [2.24, 2.45) is 0 Å². The van der Waals surface area contributed by atoms with Crippen molar-refractivity contribution in [2.45, 2.75) is 57.4 Å². The molecule has 0 bridgehead atoms. The van der Waals surface area contributed by atoms with E-state index in [4.69, 9.17) is 0 Å². The molecule has 94 valence electrons. The maximum Gasteiger partial charge on any atom is 0.242 e. The monoisotopic (exact) mass is 292 g/mol. The smallest absolute Gasteiger partial charge is 0.242 e. The molecule has 4 nitrogen and oxygen atoms in total. The molecule has 2 amide bonds. The minimum Gasteiger partial charge on any atom is -0.350 e. The quantitative estimate of drug-likeness (QED) is 0.773. The Morgan fingerprint density at radius 2 is 1.75 bits per heavy atom. The van der Waals surface area contributed by atoms with E-state index in [-0.39, 0.29) is 22.2 Å². The molecule has 0 aromatic heterocycles. The van der Waals surface area contributed by atoms with E-state index in [0.717, 1.165) is 0 Å². The van der Waals surface area contributed by atoms with Gasteiger partial charge in [-0.2, -0.15) is 0 Å². The first-order valence-electron chi connectivity index (χ1n) is 5.44. The molecular formula is C11H21BrN2O2. The lowest BCUT2D eigenvalue weighted by Crippen LogP contribution is -2.51. The number of hydrogen-bond donors (Lipinski definition) is 2. The largest absolute Gasteiger partial charge is 0.350 e. The van der Waals surface area contributed by atoms with E-state index in [1.165, 1.54) is 0 Å². The predicted octanol–water partition coefficient (Wildman–Crippen LogP) is 1.58. The van der Waals surface area contributed by atoms with Crippen LogP contribution < -0.4 is 10.6 Å². The standard InChI is InChI=1S/C11H21BrN2O2/c1-6-8(12)10(16)13-7(2)9(15)14-11(3,4)5/h7-8H,6H2,1-5H3,(H,13,16)(H,14,15). The topological polar surface area (TPSA) is 58.2 Å². The third-order valence-electron chi connectivity index (χ3n) is 1.89. The maximum absolute atomic E-state index is 11.7. The molecule has 0 saturated heterocycles. The summed E-state index contributed by atoms with van der Waals surface area (Å²) < 4.78 is 0. The van der Waals surface area contributed by atoms with Gasteiger partial charge in [-0.15, -0.1) is 0 Å². The Morgan fingerprint density at radius 1 is 1.25 bits per heavy atom. The third-order valence-corrected chi connectivity index (χ3v) is 2.96. The summed E-state index contributed by atoms with van der Waals surface area (Å²) in [6.45, 7) is 9.28. The van der Waals surface area contributed by atoms with Crippen molar-refractivity contribution in [3.8, 4) is 0 Å². The minimum atomic E-state index is -0.515. The summed E-state index contributed by atoms with van der Waals surface area (Å²) in [5.41, 5.74) is -0.283. The Bertz CT molecular complexity index is 261. The lowest BCUT2D eigenvalue weighted by atomic mass is 10.1. The van der Waals surface area contributed by atoms with Crippen LogP contribution in [0.5, 0.6) is 0 Å². The van der Waals surface area contributed by atoms with E-state index in [0.29, 0.717) is 6.42 Å². The molecule has 0 aliphatic carbocycles. The van der Waals surface area contributed by atoms with E-state index in [2.05, 4.69) is 26.6 Å². The Kier molecular flexibility index (Phi) is 6.00. The molecule has 2 atom stereocenters. The summed E-state index contributed by atoms with van der Waals surface area (Å²) >= 11 is 3.24. The fraction of sp³-hybridized carbons (Fsp3) is 0.818. The van der Waals surface area contributed by atoms with Gasteiger partial charge in [-0.1, -0.05) is 22.9 Å². The van der Waals surface area contributed by atoms with Crippen LogP contribution in [0.2, 0.25) is 0 Å². The molecule has 0 fully saturated rings. The second-order valence-electron chi connectivity index (χ2n) is 4.85. The van der Waals surface area contributed by atoms with Crippen molar-refractivity contribution in [1.29, 1.82) is 0 Å². The molecule has 0 aromatic rings. The van der Waals surface area contributed by atoms with E-state index in [1.807, 2.05) is 27.7 Å². The lowest BCUT2D eigenvalue weighted by molar-refractivity contribution is -0.129. The molecule has 0 spiro atoms. The Morgan fingerprint density at radius 3 is 2.12 bits per heavy atom. The van der Waals surface area contributed by atoms with Gasteiger partial charge in [-0.25, -0.2) is 0 Å². The molecule has 0 aliphatic heterocycles. The van der Waals surface area contributed by atoms with Gasteiger partial charge in [0.25, 0.3) is 0 Å². The van der Waals surface area contributed by atoms with Gasteiger partial charge in [-0.05, 0) is 34.1 Å². The lowest BCUT2D eigenvalue weighted by Gasteiger charge is -2.24. The average Bonchev–Trinajstić information content (AvgIpc) is 2.13. The molecule has 0 aliphatic rings. The fourth-order valence-corrected chi connectivity index (χ4v) is 1.16. The number of halogens is 1. The summed E-state index contributed by atoms with van der Waals surface area (Å²) in [6, 6.07) is -0.515. The van der Waals surface area contributed by atoms with Crippen molar-refractivity contribution in [1.82, 2.24) is 10.6 Å². The number of carbonyl (C=O) groups is 2. The Balaban J connectivity index is 4.21. The second-order valence-corrected chi connectivity index (χ2v) is 5.95. The molecule has 0 radical (unpaired) electrons. The highest BCUT2D eigenvalue weighted by Crippen LogP contribution is 2.05. The molecule has 0 aromatic carbocycles. The van der Waals surface area contributed by atoms with Crippen LogP contribution in [-0.4, -0.2) is 28.2 Å². The van der Waals surface area contributed by atoms with Crippen LogP contribution in [0.25, 0.3) is 0 Å². The summed E-state index contributed by atoms with van der Waals surface area (Å²) in [5.74, 6) is -0.323. The number of carbonyl (C=O) groups excluding carboxylic acids is 2. The zero-order valence-corrected chi connectivity index (χ0v) is 12.1. The fourth-order valence-electron chi connectivity index (χ4n) is 1.03. The van der Waals surface area contributed by atoms with Gasteiger partial charge in [0.15, 0.2) is 0 Å². The molecule has 0 saturated carbocycles. The predicted molar refractivity (Wildman–Crippen MR) is 68.5 cm³/mol. The Labute approximate surface area is 106 Å². The van der Waals surface area contributed by atoms with Crippen LogP contribution in [-0.2, 0) is 9.59 Å². The molecule has 0 heterocycles. The van der Waals surface area contributed by atoms with E-state index >= 15 is 0 Å². The van der Waals surface area contributed by atoms with Crippen molar-refractivity contribution in [3.63, 3.8) is 0 Å². The van der Waals surface area contributed by atoms with Gasteiger partial charge in [0, 0.05) is 5.54 Å². The normalized spacial score (nSPS) is 15.1. The van der Waals surface area contributed by atoms with Crippen LogP contribution in [0.15, 0.2) is 0 Å². The minimum absolute atomic E-state index is 0.154. The van der Waals surface area contributed by atoms with Crippen LogP contribution in [0, 0.1) is 0 Å². The molecule has 5 heteroatoms. The first kappa shape index (κ1) is 15.4. The number of alkyl halides is 1. The summed E-state index contributed by atoms with van der Waals surface area (Å²) in [4.78, 5) is 22.9. The number of amides is 2. The van der Waals surface area contributed by atoms with Crippen molar-refractivity contribution < 1.29 is 9.59 Å². The zero-order chi connectivity index (χ0) is 12.9. The molecule has 16 heavy (non-hydrogen) atoms. The van der Waals surface area contributed by atoms with E-state index in [9.17, 15) is 9.59 Å². The average molecular weight is 293 g/mol. The Hall–Kier alpha value is -0.580. The van der Waals surface area contributed by atoms with Gasteiger partial charge >= 0.3 is 0 Å². The number of nitrogens with one attached hydrogen (secondary N) is 2. The first-order valence-corrected chi connectivity index (χ1v) is 6.35. The molecule has 2 N–H and O–H groups in total. The van der Waals surface area contributed by atoms with E-state index < -0.39 is 6.04 Å². The number of rotatable bonds is 4. The highest BCUT2D eigenvalue weighted by Gasteiger charge is 2.22. The zero-order valence-electron chi connectivity index (χ0n) is 10.6. The van der Waals surface area contributed by atoms with Gasteiger partial charge in [0.2, 0.25) is 11.8 Å². The SMILES string of the molecule is CCC(Br)C(=O)NC(C)C(=O)NC(C)(C)C. The van der Waals surface area contributed by atoms with Gasteiger partial charge in [0.1, 0.15) is 6.04 Å². The summed E-state index contributed by atoms with van der Waals surface area (Å²) in [7, 11) is 0. The number of hydrogen-bond acceptors (Lipinski definition) is 2. The van der Waals surface area contributed by atoms with Crippen LogP contribution in [0.4, 0.5) is 0 Å². The van der Waals surface area contributed by atoms with E-state index in [1.54, 1.807) is 6.92 Å².